The first-order chi connectivity index (χ1) is 9.52. The molecule has 2 heterocycles. The van der Waals surface area contributed by atoms with Gasteiger partial charge in [-0.3, -0.25) is 0 Å². The highest BCUT2D eigenvalue weighted by molar-refractivity contribution is 7.09. The lowest BCUT2D eigenvalue weighted by Crippen LogP contribution is -2.13. The van der Waals surface area contributed by atoms with Gasteiger partial charge in [0.15, 0.2) is 0 Å². The van der Waals surface area contributed by atoms with Crippen LogP contribution >= 0.6 is 22.9 Å². The van der Waals surface area contributed by atoms with E-state index < -0.39 is 0 Å². The quantitative estimate of drug-likeness (QED) is 0.884. The Labute approximate surface area is 126 Å². The fourth-order valence-electron chi connectivity index (χ4n) is 1.50. The number of aryl methyl sites for hydroxylation is 1. The topological polar surface area (TPSA) is 72.8 Å². The van der Waals surface area contributed by atoms with Gasteiger partial charge in [0, 0.05) is 18.3 Å². The molecule has 0 aliphatic heterocycles. The van der Waals surface area contributed by atoms with E-state index in [-0.39, 0.29) is 17.4 Å². The SMILES string of the molecule is Cc1nc(CCNc2nc(Cl)nc(OC(C)C)n2)cs1. The summed E-state index contributed by atoms with van der Waals surface area (Å²) < 4.78 is 5.41. The fraction of sp³-hybridized carbons (Fsp3) is 0.500. The van der Waals surface area contributed by atoms with E-state index in [0.29, 0.717) is 12.5 Å². The highest BCUT2D eigenvalue weighted by Crippen LogP contribution is 2.13. The lowest BCUT2D eigenvalue weighted by Gasteiger charge is -2.09. The zero-order valence-corrected chi connectivity index (χ0v) is 13.1. The Bertz CT molecular complexity index is 575. The predicted molar refractivity (Wildman–Crippen MR) is 79.6 cm³/mol. The molecule has 0 aromatic carbocycles. The van der Waals surface area contributed by atoms with Crippen molar-refractivity contribution in [3.8, 4) is 6.01 Å². The number of halogens is 1. The number of ether oxygens (including phenoxy) is 1. The third-order valence-corrected chi connectivity index (χ3v) is 3.25. The molecule has 0 saturated carbocycles. The molecule has 0 bridgehead atoms. The standard InChI is InChI=1S/C12H16ClN5OS/c1-7(2)19-12-17-10(13)16-11(18-12)14-5-4-9-6-20-8(3)15-9/h6-7H,4-5H2,1-3H3,(H,14,16,17,18). The fourth-order valence-corrected chi connectivity index (χ4v) is 2.30. The van der Waals surface area contributed by atoms with Gasteiger partial charge in [0.25, 0.3) is 0 Å². The average Bonchev–Trinajstić information content (AvgIpc) is 2.73. The van der Waals surface area contributed by atoms with Crippen LogP contribution in [0.2, 0.25) is 5.28 Å². The summed E-state index contributed by atoms with van der Waals surface area (Å²) in [7, 11) is 0. The molecule has 0 radical (unpaired) electrons. The van der Waals surface area contributed by atoms with E-state index in [0.717, 1.165) is 17.1 Å². The van der Waals surface area contributed by atoms with Crippen molar-refractivity contribution in [3.63, 3.8) is 0 Å². The van der Waals surface area contributed by atoms with Gasteiger partial charge in [-0.2, -0.15) is 15.0 Å². The van der Waals surface area contributed by atoms with E-state index in [2.05, 4.69) is 25.3 Å². The molecule has 0 amide bonds. The van der Waals surface area contributed by atoms with Gasteiger partial charge in [-0.05, 0) is 32.4 Å². The molecular formula is C12H16ClN5OS. The minimum Gasteiger partial charge on any atom is -0.461 e. The van der Waals surface area contributed by atoms with Crippen LogP contribution in [0.15, 0.2) is 5.38 Å². The van der Waals surface area contributed by atoms with Gasteiger partial charge in [-0.15, -0.1) is 11.3 Å². The third kappa shape index (κ3) is 4.57. The number of nitrogens with zero attached hydrogens (tertiary/aromatic N) is 4. The number of thiazole rings is 1. The van der Waals surface area contributed by atoms with Crippen LogP contribution in [0.3, 0.4) is 0 Å². The summed E-state index contributed by atoms with van der Waals surface area (Å²) in [6, 6.07) is 0.229. The van der Waals surface area contributed by atoms with Crippen LogP contribution in [0, 0.1) is 6.92 Å². The largest absolute Gasteiger partial charge is 0.461 e. The van der Waals surface area contributed by atoms with Crippen LogP contribution in [-0.2, 0) is 6.42 Å². The lowest BCUT2D eigenvalue weighted by atomic mass is 10.3. The minimum absolute atomic E-state index is 0.0145. The van der Waals surface area contributed by atoms with Crippen LogP contribution in [0.25, 0.3) is 0 Å². The predicted octanol–water partition coefficient (Wildman–Crippen LogP) is 2.73. The summed E-state index contributed by atoms with van der Waals surface area (Å²) in [5.41, 5.74) is 1.05. The molecule has 0 aliphatic rings. The molecule has 0 spiro atoms. The highest BCUT2D eigenvalue weighted by Gasteiger charge is 2.07. The van der Waals surface area contributed by atoms with E-state index in [1.165, 1.54) is 0 Å². The zero-order chi connectivity index (χ0) is 14.5. The lowest BCUT2D eigenvalue weighted by molar-refractivity contribution is 0.222. The molecule has 2 aromatic heterocycles. The van der Waals surface area contributed by atoms with Crippen molar-refractivity contribution in [1.29, 1.82) is 0 Å². The van der Waals surface area contributed by atoms with Crippen molar-refractivity contribution in [2.75, 3.05) is 11.9 Å². The van der Waals surface area contributed by atoms with Gasteiger partial charge in [-0.1, -0.05) is 0 Å². The van der Waals surface area contributed by atoms with E-state index in [1.807, 2.05) is 26.2 Å². The number of nitrogens with one attached hydrogen (secondary N) is 1. The molecule has 0 saturated heterocycles. The van der Waals surface area contributed by atoms with Gasteiger partial charge < -0.3 is 10.1 Å². The van der Waals surface area contributed by atoms with Crippen molar-refractivity contribution >= 4 is 28.9 Å². The molecule has 2 rings (SSSR count). The Morgan fingerprint density at radius 1 is 1.30 bits per heavy atom. The van der Waals surface area contributed by atoms with Gasteiger partial charge >= 0.3 is 6.01 Å². The molecule has 1 N–H and O–H groups in total. The number of anilines is 1. The van der Waals surface area contributed by atoms with Gasteiger partial charge in [0.2, 0.25) is 11.2 Å². The molecule has 0 fully saturated rings. The number of hydrogen-bond acceptors (Lipinski definition) is 7. The van der Waals surface area contributed by atoms with Crippen LogP contribution in [0.5, 0.6) is 6.01 Å². The molecule has 8 heteroatoms. The molecule has 6 nitrogen and oxygen atoms in total. The average molecular weight is 314 g/mol. The Balaban J connectivity index is 1.93. The minimum atomic E-state index is -0.0145. The van der Waals surface area contributed by atoms with Gasteiger partial charge in [0.05, 0.1) is 16.8 Å². The monoisotopic (exact) mass is 313 g/mol. The summed E-state index contributed by atoms with van der Waals surface area (Å²) in [5.74, 6) is 0.410. The summed E-state index contributed by atoms with van der Waals surface area (Å²) in [6.45, 7) is 6.46. The Hall–Kier alpha value is -1.47. The second kappa shape index (κ2) is 6.81. The number of aromatic nitrogens is 4. The number of rotatable bonds is 6. The first-order valence-electron chi connectivity index (χ1n) is 6.26. The Morgan fingerprint density at radius 2 is 2.10 bits per heavy atom. The van der Waals surface area contributed by atoms with Crippen molar-refractivity contribution in [1.82, 2.24) is 19.9 Å². The first-order valence-corrected chi connectivity index (χ1v) is 7.52. The van der Waals surface area contributed by atoms with Gasteiger partial charge in [-0.25, -0.2) is 4.98 Å². The zero-order valence-electron chi connectivity index (χ0n) is 11.6. The van der Waals surface area contributed by atoms with E-state index in [9.17, 15) is 0 Å². The van der Waals surface area contributed by atoms with E-state index in [4.69, 9.17) is 16.3 Å². The van der Waals surface area contributed by atoms with Crippen molar-refractivity contribution in [2.24, 2.45) is 0 Å². The maximum atomic E-state index is 5.84. The summed E-state index contributed by atoms with van der Waals surface area (Å²) >= 11 is 7.48. The molecule has 0 atom stereocenters. The smallest absolute Gasteiger partial charge is 0.322 e. The van der Waals surface area contributed by atoms with Crippen molar-refractivity contribution in [2.45, 2.75) is 33.3 Å². The third-order valence-electron chi connectivity index (χ3n) is 2.26. The van der Waals surface area contributed by atoms with Crippen molar-refractivity contribution in [3.05, 3.63) is 21.4 Å². The van der Waals surface area contributed by atoms with Gasteiger partial charge in [0.1, 0.15) is 0 Å². The van der Waals surface area contributed by atoms with E-state index in [1.54, 1.807) is 11.3 Å². The molecular weight excluding hydrogens is 298 g/mol. The van der Waals surface area contributed by atoms with Crippen LogP contribution in [0.4, 0.5) is 5.95 Å². The maximum absolute atomic E-state index is 5.84. The second-order valence-electron chi connectivity index (χ2n) is 4.41. The van der Waals surface area contributed by atoms with Crippen molar-refractivity contribution < 1.29 is 4.74 Å². The van der Waals surface area contributed by atoms with Crippen LogP contribution in [-0.4, -0.2) is 32.6 Å². The summed E-state index contributed by atoms with van der Waals surface area (Å²) in [5, 5.41) is 6.32. The molecule has 108 valence electrons. The van der Waals surface area contributed by atoms with E-state index >= 15 is 0 Å². The second-order valence-corrected chi connectivity index (χ2v) is 5.81. The molecule has 20 heavy (non-hydrogen) atoms. The van der Waals surface area contributed by atoms with Crippen LogP contribution in [0.1, 0.15) is 24.5 Å². The summed E-state index contributed by atoms with van der Waals surface area (Å²) in [4.78, 5) is 16.5. The molecule has 2 aromatic rings. The maximum Gasteiger partial charge on any atom is 0.322 e. The highest BCUT2D eigenvalue weighted by atomic mass is 35.5. The first kappa shape index (κ1) is 14.9. The number of hydrogen-bond donors (Lipinski definition) is 1. The summed E-state index contributed by atoms with van der Waals surface area (Å²) in [6.07, 6.45) is 0.785. The Morgan fingerprint density at radius 3 is 2.75 bits per heavy atom. The Kier molecular flexibility index (Phi) is 5.08. The normalized spacial score (nSPS) is 10.8. The van der Waals surface area contributed by atoms with Crippen LogP contribution < -0.4 is 10.1 Å². The molecule has 0 unspecified atom stereocenters. The molecule has 0 aliphatic carbocycles.